The van der Waals surface area contributed by atoms with Gasteiger partial charge in [-0.2, -0.15) is 20.2 Å². The molecule has 16 rings (SSSR count). The van der Waals surface area contributed by atoms with Crippen LogP contribution in [0.2, 0.25) is 0 Å². The van der Waals surface area contributed by atoms with Crippen LogP contribution in [-0.2, 0) is 24.7 Å². The number of nitrogens with zero attached hydrogens (tertiary/aromatic N) is 14. The molecule has 8 unspecified atom stereocenters. The third-order valence-electron chi connectivity index (χ3n) is 18.6. The molecule has 336 valence electrons. The van der Waals surface area contributed by atoms with E-state index in [2.05, 4.69) is 40.3 Å². The summed E-state index contributed by atoms with van der Waals surface area (Å²) in [7, 11) is 1.82. The molecular formula is C47H50N16O3. The summed E-state index contributed by atoms with van der Waals surface area (Å²) in [6, 6.07) is 3.94. The monoisotopic (exact) mass is 886 g/mol. The van der Waals surface area contributed by atoms with E-state index in [0.29, 0.717) is 53.0 Å². The normalized spacial score (nSPS) is 33.3. The number of fused-ring (bicyclic) bond motifs is 5. The van der Waals surface area contributed by atoms with Crippen LogP contribution in [0.25, 0.3) is 33.6 Å². The molecule has 6 bridgehead atoms. The third-order valence-corrected chi connectivity index (χ3v) is 18.6. The van der Waals surface area contributed by atoms with E-state index in [-0.39, 0.29) is 45.7 Å². The zero-order chi connectivity index (χ0) is 44.2. The Morgan fingerprint density at radius 2 is 1.38 bits per heavy atom. The maximum Gasteiger partial charge on any atom is 0.330 e. The maximum atomic E-state index is 15.4. The molecule has 0 aliphatic heterocycles. The molecule has 8 atom stereocenters. The lowest BCUT2D eigenvalue weighted by atomic mass is 9.34. The molecule has 8 aliphatic rings. The molecule has 19 heteroatoms. The first-order valence-corrected chi connectivity index (χ1v) is 23.7. The van der Waals surface area contributed by atoms with Gasteiger partial charge in [-0.15, -0.1) is 0 Å². The lowest BCUT2D eigenvalue weighted by Crippen LogP contribution is -2.74. The van der Waals surface area contributed by atoms with Crippen molar-refractivity contribution < 1.29 is 5.11 Å². The highest BCUT2D eigenvalue weighted by Gasteiger charge is 2.84. The number of aliphatic hydroxyl groups is 1. The van der Waals surface area contributed by atoms with Gasteiger partial charge < -0.3 is 15.7 Å². The largest absolute Gasteiger partial charge is 0.393 e. The summed E-state index contributed by atoms with van der Waals surface area (Å²) in [4.78, 5) is 58.4. The first-order chi connectivity index (χ1) is 31.9. The summed E-state index contributed by atoms with van der Waals surface area (Å²) in [6.45, 7) is 4.56. The van der Waals surface area contributed by atoms with Crippen LogP contribution in [0, 0.1) is 54.3 Å². The molecule has 0 amide bonds. The first kappa shape index (κ1) is 37.7. The lowest BCUT2D eigenvalue weighted by molar-refractivity contribution is -0.254. The minimum Gasteiger partial charge on any atom is -0.393 e. The van der Waals surface area contributed by atoms with Crippen molar-refractivity contribution in [1.82, 2.24) is 67.4 Å². The van der Waals surface area contributed by atoms with E-state index >= 15 is 4.79 Å². The minimum atomic E-state index is -0.403. The number of anilines is 4. The molecule has 8 aromatic heterocycles. The van der Waals surface area contributed by atoms with Crippen LogP contribution in [0.3, 0.4) is 0 Å². The van der Waals surface area contributed by atoms with Crippen LogP contribution < -0.4 is 22.0 Å². The zero-order valence-corrected chi connectivity index (χ0v) is 37.1. The number of hydrogen-bond donors (Lipinski definition) is 3. The smallest absolute Gasteiger partial charge is 0.330 e. The molecule has 3 N–H and O–H groups in total. The molecule has 8 aliphatic carbocycles. The number of aryl methyl sites for hydroxylation is 4. The lowest BCUT2D eigenvalue weighted by Gasteiger charge is -2.73. The topological polar surface area (TPSA) is 210 Å². The Morgan fingerprint density at radius 3 is 2.02 bits per heavy atom. The second kappa shape index (κ2) is 12.3. The Labute approximate surface area is 376 Å². The minimum absolute atomic E-state index is 0.0168. The van der Waals surface area contributed by atoms with Gasteiger partial charge in [0.1, 0.15) is 23.7 Å². The predicted octanol–water partition coefficient (Wildman–Crippen LogP) is 5.12. The molecule has 8 fully saturated rings. The van der Waals surface area contributed by atoms with Gasteiger partial charge in [0.25, 0.3) is 0 Å². The fourth-order valence-electron chi connectivity index (χ4n) is 16.5. The number of nitrogens with one attached hydrogen (secondary N) is 2. The van der Waals surface area contributed by atoms with Crippen molar-refractivity contribution in [3.05, 3.63) is 81.7 Å². The highest BCUT2D eigenvalue weighted by Crippen LogP contribution is 2.85. The third kappa shape index (κ3) is 4.61. The standard InChI is InChI=1S/C47H50N16O3/c1-24-6-35-50-22-52-60(35)19-31(24)54-40-48-17-33-38(56-40)62(42(65)58(33)3)45-12-26-8-27(13-45)11-44(10-26,21-45)4-5-59-34-18-49-41(55-32-20-61-36(7-25(32)2)51-23-53-61)57-39(34)63(43(59)66)46-14-28-15-47(46)29(16-46)9-30(47)37(28)64/h6-7,17-20,22-23,26-30,37,64H,4-5,8-16,21H2,1-3H3,(H,48,54,56)(H,49,55,57). The molecule has 0 saturated heterocycles. The van der Waals surface area contributed by atoms with E-state index < -0.39 is 5.54 Å². The SMILES string of the molecule is Cc1cc2ncnn2cc1Nc1ncc2c(n1)n(C13CC4CC(CC(CCn5c(=O)n(C67CC8CC69C(CC9C8O)C7)c6nc(Nc7cn8ncnc8cc7C)ncc65)(C4)C1)C3)c(=O)n2C. The van der Waals surface area contributed by atoms with Crippen molar-refractivity contribution in [3.8, 4) is 0 Å². The molecule has 0 radical (unpaired) electrons. The number of hydrogen-bond acceptors (Lipinski definition) is 13. The van der Waals surface area contributed by atoms with Gasteiger partial charge in [-0.25, -0.2) is 38.6 Å². The van der Waals surface area contributed by atoms with E-state index in [1.165, 1.54) is 19.1 Å². The van der Waals surface area contributed by atoms with Crippen molar-refractivity contribution in [2.24, 2.45) is 47.5 Å². The zero-order valence-electron chi connectivity index (χ0n) is 37.1. The molecule has 0 aromatic carbocycles. The van der Waals surface area contributed by atoms with Gasteiger partial charge in [-0.3, -0.25) is 18.3 Å². The number of rotatable bonds is 9. The summed E-state index contributed by atoms with van der Waals surface area (Å²) in [5.41, 5.74) is 6.92. The average molecular weight is 887 g/mol. The second-order valence-electron chi connectivity index (χ2n) is 21.8. The van der Waals surface area contributed by atoms with Gasteiger partial charge in [-0.1, -0.05) is 0 Å². The van der Waals surface area contributed by atoms with Crippen molar-refractivity contribution in [2.75, 3.05) is 10.6 Å². The molecular weight excluding hydrogens is 837 g/mol. The number of imidazole rings is 2. The summed E-state index contributed by atoms with van der Waals surface area (Å²) < 4.78 is 11.2. The summed E-state index contributed by atoms with van der Waals surface area (Å²) in [5, 5.41) is 26.8. The maximum absolute atomic E-state index is 15.4. The van der Waals surface area contributed by atoms with Crippen LogP contribution >= 0.6 is 0 Å². The molecule has 8 heterocycles. The van der Waals surface area contributed by atoms with Gasteiger partial charge in [-0.05, 0) is 143 Å². The molecule has 19 nitrogen and oxygen atoms in total. The van der Waals surface area contributed by atoms with E-state index in [1.54, 1.807) is 19.8 Å². The van der Waals surface area contributed by atoms with Crippen LogP contribution in [0.15, 0.2) is 59.2 Å². The van der Waals surface area contributed by atoms with Crippen molar-refractivity contribution >= 4 is 56.9 Å². The Balaban J connectivity index is 0.798. The van der Waals surface area contributed by atoms with E-state index in [9.17, 15) is 9.90 Å². The summed E-state index contributed by atoms with van der Waals surface area (Å²) in [6.07, 6.45) is 20.8. The summed E-state index contributed by atoms with van der Waals surface area (Å²) >= 11 is 0. The van der Waals surface area contributed by atoms with Crippen LogP contribution in [0.1, 0.15) is 81.8 Å². The summed E-state index contributed by atoms with van der Waals surface area (Å²) in [5.74, 6) is 2.77. The van der Waals surface area contributed by atoms with Gasteiger partial charge in [0.2, 0.25) is 11.9 Å². The second-order valence-corrected chi connectivity index (χ2v) is 21.8. The fourth-order valence-corrected chi connectivity index (χ4v) is 16.5. The van der Waals surface area contributed by atoms with Crippen molar-refractivity contribution in [1.29, 1.82) is 0 Å². The quantitative estimate of drug-likeness (QED) is 0.172. The van der Waals surface area contributed by atoms with E-state index in [0.717, 1.165) is 104 Å². The van der Waals surface area contributed by atoms with Gasteiger partial charge >= 0.3 is 11.4 Å². The number of pyridine rings is 2. The van der Waals surface area contributed by atoms with Crippen molar-refractivity contribution in [2.45, 2.75) is 108 Å². The van der Waals surface area contributed by atoms with Crippen LogP contribution in [0.5, 0.6) is 0 Å². The highest BCUT2D eigenvalue weighted by molar-refractivity contribution is 5.75. The molecule has 66 heavy (non-hydrogen) atoms. The van der Waals surface area contributed by atoms with Crippen LogP contribution in [-0.4, -0.2) is 78.6 Å². The molecule has 1 spiro atoms. The highest BCUT2D eigenvalue weighted by atomic mass is 16.3. The Morgan fingerprint density at radius 1 is 0.742 bits per heavy atom. The van der Waals surface area contributed by atoms with E-state index in [1.807, 2.05) is 60.8 Å². The number of aromatic nitrogens is 14. The fraction of sp³-hybridized carbons (Fsp3) is 0.532. The Bertz CT molecular complexity index is 3540. The van der Waals surface area contributed by atoms with Gasteiger partial charge in [0.05, 0.1) is 53.3 Å². The van der Waals surface area contributed by atoms with Gasteiger partial charge in [0, 0.05) is 19.0 Å². The first-order valence-electron chi connectivity index (χ1n) is 23.7. The van der Waals surface area contributed by atoms with Crippen LogP contribution in [0.4, 0.5) is 23.3 Å². The van der Waals surface area contributed by atoms with Gasteiger partial charge in [0.15, 0.2) is 22.6 Å². The number of aliphatic hydroxyl groups excluding tert-OH is 1. The average Bonchev–Trinajstić information content (AvgIpc) is 4.12. The molecule has 8 aromatic rings. The molecule has 8 saturated carbocycles. The Kier molecular flexibility index (Phi) is 7.01. The van der Waals surface area contributed by atoms with Crippen molar-refractivity contribution in [3.63, 3.8) is 0 Å². The Hall–Kier alpha value is -6.50. The van der Waals surface area contributed by atoms with E-state index in [4.69, 9.17) is 15.0 Å². The predicted molar refractivity (Wildman–Crippen MR) is 242 cm³/mol.